The normalized spacial score (nSPS) is 18.5. The Kier molecular flexibility index (Phi) is 10.1. The largest absolute Gasteiger partial charge is 0.490 e. The molecule has 33 heavy (non-hydrogen) atoms. The van der Waals surface area contributed by atoms with Crippen molar-refractivity contribution >= 4 is 0 Å². The van der Waals surface area contributed by atoms with Crippen LogP contribution < -0.4 is 4.74 Å². The van der Waals surface area contributed by atoms with Crippen molar-refractivity contribution in [1.29, 1.82) is 0 Å². The van der Waals surface area contributed by atoms with E-state index < -0.39 is 11.6 Å². The van der Waals surface area contributed by atoms with E-state index in [1.807, 2.05) is 6.07 Å². The van der Waals surface area contributed by atoms with Gasteiger partial charge in [0.15, 0.2) is 11.6 Å². The lowest BCUT2D eigenvalue weighted by Gasteiger charge is -2.29. The van der Waals surface area contributed by atoms with Gasteiger partial charge < -0.3 is 9.47 Å². The van der Waals surface area contributed by atoms with Gasteiger partial charge in [0.05, 0.1) is 19.3 Å². The molecule has 1 fully saturated rings. The topological polar surface area (TPSA) is 18.5 Å². The SMILES string of the molecule is CCCCCCCCOc1ccc(C2CCC(OCc3ccc(C)c(F)c3)CC2)c(F)c1F. The molecule has 0 unspecified atom stereocenters. The Morgan fingerprint density at radius 1 is 0.848 bits per heavy atom. The molecule has 0 spiro atoms. The van der Waals surface area contributed by atoms with Crippen LogP contribution in [0.4, 0.5) is 13.2 Å². The lowest BCUT2D eigenvalue weighted by molar-refractivity contribution is 0.0130. The molecule has 0 N–H and O–H groups in total. The third-order valence-corrected chi connectivity index (χ3v) is 6.67. The highest BCUT2D eigenvalue weighted by molar-refractivity contribution is 5.33. The van der Waals surface area contributed by atoms with Crippen LogP contribution in [0.2, 0.25) is 0 Å². The van der Waals surface area contributed by atoms with E-state index in [1.54, 1.807) is 25.1 Å². The molecule has 5 heteroatoms. The molecule has 0 saturated heterocycles. The standard InChI is InChI=1S/C28H37F3O2/c1-3-4-5-6-7-8-17-32-26-16-15-24(27(30)28(26)31)22-11-13-23(14-12-22)33-19-21-10-9-20(2)25(29)18-21/h9-10,15-16,18,22-23H,3-8,11-14,17,19H2,1-2H3. The van der Waals surface area contributed by atoms with E-state index in [0.29, 0.717) is 24.3 Å². The van der Waals surface area contributed by atoms with Crippen LogP contribution in [0.3, 0.4) is 0 Å². The summed E-state index contributed by atoms with van der Waals surface area (Å²) in [5.74, 6) is -1.90. The van der Waals surface area contributed by atoms with Crippen LogP contribution in [-0.4, -0.2) is 12.7 Å². The summed E-state index contributed by atoms with van der Waals surface area (Å²) < 4.78 is 54.5. The number of ether oxygens (including phenoxy) is 2. The smallest absolute Gasteiger partial charge is 0.200 e. The minimum absolute atomic E-state index is 0.00663. The van der Waals surface area contributed by atoms with Crippen molar-refractivity contribution in [3.05, 3.63) is 64.5 Å². The van der Waals surface area contributed by atoms with E-state index in [1.165, 1.54) is 25.3 Å². The van der Waals surface area contributed by atoms with Crippen molar-refractivity contribution < 1.29 is 22.6 Å². The van der Waals surface area contributed by atoms with Gasteiger partial charge in [-0.2, -0.15) is 4.39 Å². The van der Waals surface area contributed by atoms with Crippen molar-refractivity contribution in [2.24, 2.45) is 0 Å². The Bertz CT molecular complexity index is 876. The maximum absolute atomic E-state index is 14.8. The average molecular weight is 463 g/mol. The van der Waals surface area contributed by atoms with Gasteiger partial charge in [-0.05, 0) is 73.8 Å². The minimum atomic E-state index is -0.877. The molecular formula is C28H37F3O2. The number of aryl methyl sites for hydroxylation is 1. The third-order valence-electron chi connectivity index (χ3n) is 6.67. The second kappa shape index (κ2) is 13.0. The molecule has 0 heterocycles. The molecule has 182 valence electrons. The van der Waals surface area contributed by atoms with Crippen LogP contribution in [0.5, 0.6) is 5.75 Å². The molecular weight excluding hydrogens is 425 g/mol. The summed E-state index contributed by atoms with van der Waals surface area (Å²) in [5, 5.41) is 0. The molecule has 2 nitrogen and oxygen atoms in total. The number of halogens is 3. The molecule has 1 saturated carbocycles. The molecule has 1 aliphatic rings. The van der Waals surface area contributed by atoms with Crippen molar-refractivity contribution in [1.82, 2.24) is 0 Å². The molecule has 0 radical (unpaired) electrons. The number of benzene rings is 2. The number of rotatable bonds is 12. The Morgan fingerprint density at radius 2 is 1.58 bits per heavy atom. The van der Waals surface area contributed by atoms with E-state index >= 15 is 0 Å². The Labute approximate surface area is 196 Å². The zero-order valence-corrected chi connectivity index (χ0v) is 20.0. The van der Waals surface area contributed by atoms with Gasteiger partial charge in [-0.25, -0.2) is 8.78 Å². The quantitative estimate of drug-likeness (QED) is 0.295. The molecule has 0 aliphatic heterocycles. The predicted molar refractivity (Wildman–Crippen MR) is 126 cm³/mol. The first-order valence-corrected chi connectivity index (χ1v) is 12.5. The maximum atomic E-state index is 14.8. The van der Waals surface area contributed by atoms with Gasteiger partial charge in [-0.1, -0.05) is 57.2 Å². The molecule has 3 rings (SSSR count). The summed E-state index contributed by atoms with van der Waals surface area (Å²) >= 11 is 0. The number of hydrogen-bond acceptors (Lipinski definition) is 2. The molecule has 2 aromatic carbocycles. The summed E-state index contributed by atoms with van der Waals surface area (Å²) in [6.45, 7) is 4.69. The zero-order valence-electron chi connectivity index (χ0n) is 20.0. The molecule has 0 aromatic heterocycles. The lowest BCUT2D eigenvalue weighted by atomic mass is 9.82. The first-order chi connectivity index (χ1) is 16.0. The minimum Gasteiger partial charge on any atom is -0.490 e. The van der Waals surface area contributed by atoms with Crippen LogP contribution in [0.15, 0.2) is 30.3 Å². The third kappa shape index (κ3) is 7.49. The Hall–Kier alpha value is -2.01. The van der Waals surface area contributed by atoms with Gasteiger partial charge in [0, 0.05) is 0 Å². The second-order valence-corrected chi connectivity index (χ2v) is 9.27. The monoisotopic (exact) mass is 462 g/mol. The fourth-order valence-corrected chi connectivity index (χ4v) is 4.52. The van der Waals surface area contributed by atoms with E-state index in [0.717, 1.165) is 50.5 Å². The van der Waals surface area contributed by atoms with Crippen molar-refractivity contribution in [3.63, 3.8) is 0 Å². The van der Waals surface area contributed by atoms with Gasteiger partial charge in [0.2, 0.25) is 5.82 Å². The Balaban J connectivity index is 1.44. The van der Waals surface area contributed by atoms with Crippen molar-refractivity contribution in [2.45, 2.75) is 96.7 Å². The van der Waals surface area contributed by atoms with Crippen LogP contribution >= 0.6 is 0 Å². The highest BCUT2D eigenvalue weighted by Crippen LogP contribution is 2.37. The number of hydrogen-bond donors (Lipinski definition) is 0. The van der Waals surface area contributed by atoms with E-state index in [4.69, 9.17) is 9.47 Å². The highest BCUT2D eigenvalue weighted by atomic mass is 19.2. The van der Waals surface area contributed by atoms with Crippen LogP contribution in [0.25, 0.3) is 0 Å². The summed E-state index contributed by atoms with van der Waals surface area (Å²) in [4.78, 5) is 0. The molecule has 0 atom stereocenters. The Morgan fingerprint density at radius 3 is 2.30 bits per heavy atom. The fourth-order valence-electron chi connectivity index (χ4n) is 4.52. The first kappa shape index (κ1) is 25.6. The van der Waals surface area contributed by atoms with Gasteiger partial charge >= 0.3 is 0 Å². The highest BCUT2D eigenvalue weighted by Gasteiger charge is 2.27. The van der Waals surface area contributed by atoms with Gasteiger partial charge in [-0.15, -0.1) is 0 Å². The lowest BCUT2D eigenvalue weighted by Crippen LogP contribution is -2.21. The zero-order chi connectivity index (χ0) is 23.6. The van der Waals surface area contributed by atoms with E-state index in [9.17, 15) is 13.2 Å². The van der Waals surface area contributed by atoms with Crippen LogP contribution in [-0.2, 0) is 11.3 Å². The molecule has 0 bridgehead atoms. The van der Waals surface area contributed by atoms with E-state index in [-0.39, 0.29) is 23.6 Å². The maximum Gasteiger partial charge on any atom is 0.200 e. The molecule has 0 amide bonds. The molecule has 1 aliphatic carbocycles. The number of unbranched alkanes of at least 4 members (excludes halogenated alkanes) is 5. The van der Waals surface area contributed by atoms with E-state index in [2.05, 4.69) is 6.92 Å². The van der Waals surface area contributed by atoms with Crippen LogP contribution in [0.1, 0.15) is 93.7 Å². The fraction of sp³-hybridized carbons (Fsp3) is 0.571. The van der Waals surface area contributed by atoms with Crippen LogP contribution in [0, 0.1) is 24.4 Å². The summed E-state index contributed by atoms with van der Waals surface area (Å²) in [5.41, 5.74) is 1.86. The van der Waals surface area contributed by atoms with Gasteiger partial charge in [0.25, 0.3) is 0 Å². The van der Waals surface area contributed by atoms with Crippen molar-refractivity contribution in [2.75, 3.05) is 6.61 Å². The predicted octanol–water partition coefficient (Wildman–Crippen LogP) is 8.39. The van der Waals surface area contributed by atoms with Crippen molar-refractivity contribution in [3.8, 4) is 5.75 Å². The van der Waals surface area contributed by atoms with Gasteiger partial charge in [-0.3, -0.25) is 0 Å². The summed E-state index contributed by atoms with van der Waals surface area (Å²) in [6, 6.07) is 8.38. The average Bonchev–Trinajstić information content (AvgIpc) is 2.82. The van der Waals surface area contributed by atoms with Gasteiger partial charge in [0.1, 0.15) is 5.82 Å². The molecule has 2 aromatic rings. The first-order valence-electron chi connectivity index (χ1n) is 12.5. The second-order valence-electron chi connectivity index (χ2n) is 9.27. The summed E-state index contributed by atoms with van der Waals surface area (Å²) in [7, 11) is 0. The summed E-state index contributed by atoms with van der Waals surface area (Å²) in [6.07, 6.45) is 9.79.